The number of ether oxygens (including phenoxy) is 2. The topological polar surface area (TPSA) is 129 Å². The van der Waals surface area contributed by atoms with Gasteiger partial charge in [-0.05, 0) is 73.9 Å². The summed E-state index contributed by atoms with van der Waals surface area (Å²) in [7, 11) is 1.46. The van der Waals surface area contributed by atoms with Crippen LogP contribution in [0.3, 0.4) is 0 Å². The molecule has 0 saturated carbocycles. The fourth-order valence-electron chi connectivity index (χ4n) is 6.41. The second-order valence-electron chi connectivity index (χ2n) is 11.7. The number of carbonyl (C=O) groups is 3. The molecule has 2 amide bonds. The summed E-state index contributed by atoms with van der Waals surface area (Å²) in [4.78, 5) is 42.7. The van der Waals surface area contributed by atoms with Crippen molar-refractivity contribution in [2.45, 2.75) is 69.7 Å². The number of allylic oxidation sites excluding steroid dienone is 2. The summed E-state index contributed by atoms with van der Waals surface area (Å²) in [5.41, 5.74) is 0.308. The summed E-state index contributed by atoms with van der Waals surface area (Å²) in [6, 6.07) is 11.2. The van der Waals surface area contributed by atoms with E-state index in [9.17, 15) is 24.6 Å². The maximum atomic E-state index is 13.7. The number of unbranched alkanes of at least 4 members (excludes halogenated alkanes) is 1. The molecule has 3 aliphatic rings. The minimum atomic E-state index is -1.04. The normalized spacial score (nSPS) is 20.7. The quantitative estimate of drug-likeness (QED) is 0.313. The number of benzene rings is 2. The second-order valence-corrected chi connectivity index (χ2v) is 11.7. The molecule has 1 aliphatic carbocycles. The molecule has 2 atom stereocenters. The average molecular weight is 628 g/mol. The molecule has 3 N–H and O–H groups in total. The van der Waals surface area contributed by atoms with Crippen molar-refractivity contribution in [2.24, 2.45) is 5.92 Å². The molecule has 2 aliphatic heterocycles. The third-order valence-corrected chi connectivity index (χ3v) is 9.01. The van der Waals surface area contributed by atoms with Gasteiger partial charge in [0.1, 0.15) is 17.3 Å². The Bertz CT molecular complexity index is 1350. The average Bonchev–Trinajstić information content (AvgIpc) is 3.56. The lowest BCUT2D eigenvalue weighted by atomic mass is 9.79. The fourth-order valence-corrected chi connectivity index (χ4v) is 6.41. The van der Waals surface area contributed by atoms with Crippen LogP contribution < -0.4 is 14.8 Å². The standard InChI is InChI=1S/C33H41N3O7.ClH/c1-3-4-17-36-30(38)28(29(37)23-7-5-6-8-23)34-32(41)33(36)15-18-35(19-16-33)21-22-9-12-25(13-10-22)43-26-14-11-24(31(39)40)20-27(26)42-2;/h5-6,9-14,20,23,28-29,37H,3-4,7-8,15-19,21H2,1-2H3,(H,34,41)(H,39,40);1H/t28-,29?;/m1./s1. The van der Waals surface area contributed by atoms with E-state index in [0.717, 1.165) is 31.2 Å². The van der Waals surface area contributed by atoms with E-state index in [0.29, 0.717) is 56.3 Å². The van der Waals surface area contributed by atoms with E-state index in [2.05, 4.69) is 17.1 Å². The zero-order chi connectivity index (χ0) is 30.6. The number of aromatic carboxylic acids is 1. The number of hydrogen-bond donors (Lipinski definition) is 3. The van der Waals surface area contributed by atoms with Crippen molar-refractivity contribution in [3.63, 3.8) is 0 Å². The summed E-state index contributed by atoms with van der Waals surface area (Å²) in [6.07, 6.45) is 7.38. The van der Waals surface area contributed by atoms with Crippen LogP contribution in [0.2, 0.25) is 0 Å². The number of piperidine rings is 1. The lowest BCUT2D eigenvalue weighted by molar-refractivity contribution is -0.165. The molecular formula is C33H42ClN3O7. The molecule has 1 spiro atoms. The number of carboxylic acids is 1. The number of halogens is 1. The smallest absolute Gasteiger partial charge is 0.335 e. The molecule has 5 rings (SSSR count). The van der Waals surface area contributed by atoms with Crippen molar-refractivity contribution in [3.8, 4) is 17.2 Å². The van der Waals surface area contributed by atoms with Gasteiger partial charge in [-0.25, -0.2) is 4.79 Å². The van der Waals surface area contributed by atoms with Crippen LogP contribution in [0.15, 0.2) is 54.6 Å². The third-order valence-electron chi connectivity index (χ3n) is 9.01. The molecule has 1 unspecified atom stereocenters. The minimum absolute atomic E-state index is 0. The Balaban J connectivity index is 0.00000442. The Morgan fingerprint density at radius 2 is 1.75 bits per heavy atom. The van der Waals surface area contributed by atoms with E-state index < -0.39 is 23.7 Å². The van der Waals surface area contributed by atoms with Gasteiger partial charge in [0, 0.05) is 26.2 Å². The first-order valence-corrected chi connectivity index (χ1v) is 15.1. The Labute approximate surface area is 264 Å². The van der Waals surface area contributed by atoms with Crippen LogP contribution in [-0.2, 0) is 16.1 Å². The number of nitrogens with one attached hydrogen (secondary N) is 1. The first-order chi connectivity index (χ1) is 20.8. The molecule has 2 saturated heterocycles. The van der Waals surface area contributed by atoms with Gasteiger partial charge >= 0.3 is 5.97 Å². The van der Waals surface area contributed by atoms with E-state index in [4.69, 9.17) is 9.47 Å². The number of aliphatic hydroxyl groups is 1. The first-order valence-electron chi connectivity index (χ1n) is 15.1. The number of hydrogen-bond acceptors (Lipinski definition) is 7. The zero-order valence-electron chi connectivity index (χ0n) is 25.2. The van der Waals surface area contributed by atoms with Gasteiger partial charge in [-0.3, -0.25) is 14.5 Å². The summed E-state index contributed by atoms with van der Waals surface area (Å²) in [5.74, 6) is -0.0459. The van der Waals surface area contributed by atoms with Crippen molar-refractivity contribution in [3.05, 3.63) is 65.7 Å². The summed E-state index contributed by atoms with van der Waals surface area (Å²) >= 11 is 0. The van der Waals surface area contributed by atoms with E-state index in [1.54, 1.807) is 11.0 Å². The number of methoxy groups -OCH3 is 1. The van der Waals surface area contributed by atoms with Crippen molar-refractivity contribution in [1.82, 2.24) is 15.1 Å². The molecule has 238 valence electrons. The predicted molar refractivity (Wildman–Crippen MR) is 167 cm³/mol. The Morgan fingerprint density at radius 1 is 1.07 bits per heavy atom. The van der Waals surface area contributed by atoms with Crippen LogP contribution in [-0.4, -0.2) is 82.2 Å². The molecule has 2 fully saturated rings. The highest BCUT2D eigenvalue weighted by Crippen LogP contribution is 2.36. The predicted octanol–water partition coefficient (Wildman–Crippen LogP) is 4.40. The minimum Gasteiger partial charge on any atom is -0.493 e. The molecule has 10 nitrogen and oxygen atoms in total. The molecule has 0 bridgehead atoms. The lowest BCUT2D eigenvalue weighted by Crippen LogP contribution is -2.75. The van der Waals surface area contributed by atoms with Gasteiger partial charge in [0.15, 0.2) is 11.5 Å². The van der Waals surface area contributed by atoms with Crippen LogP contribution in [0.4, 0.5) is 0 Å². The Hall–Kier alpha value is -3.60. The molecule has 2 aromatic rings. The Morgan fingerprint density at radius 3 is 2.36 bits per heavy atom. The van der Waals surface area contributed by atoms with Crippen LogP contribution in [0.25, 0.3) is 0 Å². The number of carboxylic acid groups (broad SMARTS) is 1. The summed E-state index contributed by atoms with van der Waals surface area (Å²) in [6.45, 7) is 4.60. The highest BCUT2D eigenvalue weighted by Gasteiger charge is 2.55. The number of likely N-dealkylation sites (tertiary alicyclic amines) is 1. The molecular weight excluding hydrogens is 586 g/mol. The summed E-state index contributed by atoms with van der Waals surface area (Å²) in [5, 5.41) is 23.2. The number of rotatable bonds is 11. The van der Waals surface area contributed by atoms with Crippen LogP contribution in [0.1, 0.15) is 61.4 Å². The number of amides is 2. The van der Waals surface area contributed by atoms with E-state index in [-0.39, 0.29) is 35.7 Å². The van der Waals surface area contributed by atoms with Crippen LogP contribution in [0.5, 0.6) is 17.2 Å². The molecule has 0 radical (unpaired) electrons. The van der Waals surface area contributed by atoms with E-state index in [1.165, 1.54) is 19.2 Å². The maximum absolute atomic E-state index is 13.7. The van der Waals surface area contributed by atoms with Gasteiger partial charge in [0.25, 0.3) is 0 Å². The molecule has 2 heterocycles. The van der Waals surface area contributed by atoms with Gasteiger partial charge < -0.3 is 29.9 Å². The fraction of sp³-hybridized carbons (Fsp3) is 0.485. The molecule has 44 heavy (non-hydrogen) atoms. The maximum Gasteiger partial charge on any atom is 0.335 e. The van der Waals surface area contributed by atoms with Gasteiger partial charge in [-0.15, -0.1) is 12.4 Å². The zero-order valence-corrected chi connectivity index (χ0v) is 26.1. The lowest BCUT2D eigenvalue weighted by Gasteiger charge is -2.52. The molecule has 11 heteroatoms. The van der Waals surface area contributed by atoms with Gasteiger partial charge in [0.2, 0.25) is 11.8 Å². The van der Waals surface area contributed by atoms with Crippen LogP contribution >= 0.6 is 12.4 Å². The van der Waals surface area contributed by atoms with Gasteiger partial charge in [-0.1, -0.05) is 37.6 Å². The number of piperazine rings is 1. The molecule has 0 aromatic heterocycles. The first kappa shape index (κ1) is 33.3. The van der Waals surface area contributed by atoms with Crippen molar-refractivity contribution in [1.29, 1.82) is 0 Å². The number of carbonyl (C=O) groups excluding carboxylic acids is 2. The highest BCUT2D eigenvalue weighted by molar-refractivity contribution is 6.00. The largest absolute Gasteiger partial charge is 0.493 e. The second kappa shape index (κ2) is 14.5. The third kappa shape index (κ3) is 6.87. The van der Waals surface area contributed by atoms with Crippen molar-refractivity contribution < 1.29 is 34.1 Å². The summed E-state index contributed by atoms with van der Waals surface area (Å²) < 4.78 is 11.2. The monoisotopic (exact) mass is 627 g/mol. The SMILES string of the molecule is CCCCN1C(=O)[C@@H](C(O)C2CC=CC2)NC(=O)C12CCN(Cc1ccc(Oc3ccc(C(=O)O)cc3OC)cc1)CC2.Cl. The number of aliphatic hydroxyl groups excluding tert-OH is 1. The molecule has 2 aromatic carbocycles. The van der Waals surface area contributed by atoms with Gasteiger partial charge in [0.05, 0.1) is 18.8 Å². The van der Waals surface area contributed by atoms with E-state index >= 15 is 0 Å². The van der Waals surface area contributed by atoms with Crippen LogP contribution in [0, 0.1) is 5.92 Å². The number of nitrogens with zero attached hydrogens (tertiary/aromatic N) is 2. The van der Waals surface area contributed by atoms with Gasteiger partial charge in [-0.2, -0.15) is 0 Å². The van der Waals surface area contributed by atoms with Crippen molar-refractivity contribution >= 4 is 30.2 Å². The Kier molecular flexibility index (Phi) is 10.9. The highest BCUT2D eigenvalue weighted by atomic mass is 35.5. The van der Waals surface area contributed by atoms with Crippen molar-refractivity contribution in [2.75, 3.05) is 26.7 Å². The van der Waals surface area contributed by atoms with E-state index in [1.807, 2.05) is 36.4 Å².